The molecule has 2 rings (SSSR count). The Balaban J connectivity index is 0.00000242. The van der Waals surface area contributed by atoms with Gasteiger partial charge in [-0.3, -0.25) is 9.59 Å². The summed E-state index contributed by atoms with van der Waals surface area (Å²) in [7, 11) is 1.94. The van der Waals surface area contributed by atoms with Crippen LogP contribution in [0.15, 0.2) is 30.3 Å². The predicted octanol–water partition coefficient (Wildman–Crippen LogP) is 2.53. The summed E-state index contributed by atoms with van der Waals surface area (Å²) in [6, 6.07) is 9.19. The number of hydrogen-bond acceptors (Lipinski definition) is 3. The van der Waals surface area contributed by atoms with Crippen molar-refractivity contribution < 1.29 is 9.59 Å². The summed E-state index contributed by atoms with van der Waals surface area (Å²) >= 11 is 0. The molecule has 1 fully saturated rings. The molecule has 0 radical (unpaired) electrons. The summed E-state index contributed by atoms with van der Waals surface area (Å²) in [4.78, 5) is 26.2. The van der Waals surface area contributed by atoms with E-state index in [9.17, 15) is 9.59 Å². The van der Waals surface area contributed by atoms with Crippen LogP contribution in [0, 0.1) is 5.92 Å². The Morgan fingerprint density at radius 2 is 1.95 bits per heavy atom. The molecule has 1 aliphatic rings. The van der Waals surface area contributed by atoms with Crippen molar-refractivity contribution in [3.05, 3.63) is 35.9 Å². The van der Waals surface area contributed by atoms with Crippen molar-refractivity contribution in [1.82, 2.24) is 10.2 Å². The van der Waals surface area contributed by atoms with E-state index in [2.05, 4.69) is 5.32 Å². The lowest BCUT2D eigenvalue weighted by atomic mass is 9.97. The number of benzene rings is 1. The first kappa shape index (κ1) is 18.7. The maximum absolute atomic E-state index is 12.2. The van der Waals surface area contributed by atoms with Crippen molar-refractivity contribution in [2.24, 2.45) is 5.92 Å². The number of halogens is 1. The number of ketones is 1. The lowest BCUT2D eigenvalue weighted by Crippen LogP contribution is -2.42. The van der Waals surface area contributed by atoms with Gasteiger partial charge in [-0.05, 0) is 32.4 Å². The minimum Gasteiger partial charge on any atom is -0.342 e. The second kappa shape index (κ2) is 9.59. The second-order valence-electron chi connectivity index (χ2n) is 5.69. The maximum Gasteiger partial charge on any atom is 0.223 e. The highest BCUT2D eigenvalue weighted by atomic mass is 35.5. The number of Topliss-reactive ketones (excluding diaryl/α,β-unsaturated/α-hetero) is 1. The predicted molar refractivity (Wildman–Crippen MR) is 90.5 cm³/mol. The van der Waals surface area contributed by atoms with Gasteiger partial charge in [-0.1, -0.05) is 30.3 Å². The van der Waals surface area contributed by atoms with Crippen LogP contribution in [-0.4, -0.2) is 43.3 Å². The van der Waals surface area contributed by atoms with Crippen LogP contribution in [0.1, 0.15) is 36.0 Å². The normalized spacial score (nSPS) is 17.7. The Hall–Kier alpha value is -1.39. The van der Waals surface area contributed by atoms with Crippen molar-refractivity contribution in [3.8, 4) is 0 Å². The number of likely N-dealkylation sites (tertiary alicyclic amines) is 1. The van der Waals surface area contributed by atoms with Crippen LogP contribution in [-0.2, 0) is 4.79 Å². The van der Waals surface area contributed by atoms with E-state index in [-0.39, 0.29) is 24.1 Å². The molecule has 1 amide bonds. The Bertz CT molecular complexity index is 477. The van der Waals surface area contributed by atoms with Crippen LogP contribution < -0.4 is 5.32 Å². The molecule has 0 saturated carbocycles. The second-order valence-corrected chi connectivity index (χ2v) is 5.69. The zero-order valence-corrected chi connectivity index (χ0v) is 13.9. The summed E-state index contributed by atoms with van der Waals surface area (Å²) in [6.07, 6.45) is 2.86. The van der Waals surface area contributed by atoms with Gasteiger partial charge in [0.1, 0.15) is 0 Å². The Labute approximate surface area is 138 Å². The molecule has 5 heteroatoms. The minimum absolute atomic E-state index is 0. The van der Waals surface area contributed by atoms with Gasteiger partial charge in [0.25, 0.3) is 0 Å². The Morgan fingerprint density at radius 3 is 2.64 bits per heavy atom. The van der Waals surface area contributed by atoms with E-state index in [0.717, 1.165) is 26.1 Å². The molecule has 0 aliphatic carbocycles. The first-order valence-electron chi connectivity index (χ1n) is 7.71. The molecule has 1 aliphatic heterocycles. The summed E-state index contributed by atoms with van der Waals surface area (Å²) in [5.74, 6) is 0.699. The van der Waals surface area contributed by atoms with Crippen LogP contribution in [0.2, 0.25) is 0 Å². The zero-order valence-electron chi connectivity index (χ0n) is 13.1. The lowest BCUT2D eigenvalue weighted by Gasteiger charge is -2.32. The maximum atomic E-state index is 12.2. The molecule has 1 unspecified atom stereocenters. The zero-order chi connectivity index (χ0) is 15.1. The first-order chi connectivity index (χ1) is 10.2. The van der Waals surface area contributed by atoms with Gasteiger partial charge in [-0.25, -0.2) is 0 Å². The topological polar surface area (TPSA) is 49.4 Å². The van der Waals surface area contributed by atoms with Crippen LogP contribution >= 0.6 is 12.4 Å². The third-order valence-electron chi connectivity index (χ3n) is 4.03. The number of nitrogens with zero attached hydrogens (tertiary/aromatic N) is 1. The van der Waals surface area contributed by atoms with Crippen molar-refractivity contribution in [3.63, 3.8) is 0 Å². The van der Waals surface area contributed by atoms with Crippen molar-refractivity contribution >= 4 is 24.1 Å². The molecular weight excluding hydrogens is 300 g/mol. The number of nitrogens with one attached hydrogen (secondary N) is 1. The lowest BCUT2D eigenvalue weighted by molar-refractivity contribution is -0.132. The first-order valence-corrected chi connectivity index (χ1v) is 7.71. The average molecular weight is 325 g/mol. The molecule has 1 heterocycles. The highest BCUT2D eigenvalue weighted by molar-refractivity contribution is 5.97. The Morgan fingerprint density at radius 1 is 1.23 bits per heavy atom. The molecule has 22 heavy (non-hydrogen) atoms. The van der Waals surface area contributed by atoms with Gasteiger partial charge in [-0.2, -0.15) is 0 Å². The van der Waals surface area contributed by atoms with E-state index < -0.39 is 0 Å². The standard InChI is InChI=1S/C17H24N2O2.ClH/c1-18-12-14-6-5-11-19(13-14)17(21)10-9-16(20)15-7-3-2-4-8-15;/h2-4,7-8,14,18H,5-6,9-13H2,1H3;1H. The minimum atomic E-state index is 0. The quantitative estimate of drug-likeness (QED) is 0.818. The molecule has 4 nitrogen and oxygen atoms in total. The third-order valence-corrected chi connectivity index (χ3v) is 4.03. The van der Waals surface area contributed by atoms with E-state index in [1.165, 1.54) is 6.42 Å². The molecule has 1 aromatic rings. The molecule has 0 spiro atoms. The summed E-state index contributed by atoms with van der Waals surface area (Å²) in [5.41, 5.74) is 0.692. The van der Waals surface area contributed by atoms with Crippen molar-refractivity contribution in [1.29, 1.82) is 0 Å². The Kier molecular flexibility index (Phi) is 8.13. The molecule has 122 valence electrons. The fourth-order valence-corrected chi connectivity index (χ4v) is 2.89. The highest BCUT2D eigenvalue weighted by Crippen LogP contribution is 2.17. The number of carbonyl (C=O) groups excluding carboxylic acids is 2. The van der Waals surface area contributed by atoms with Crippen LogP contribution in [0.25, 0.3) is 0 Å². The van der Waals surface area contributed by atoms with Crippen LogP contribution in [0.3, 0.4) is 0 Å². The van der Waals surface area contributed by atoms with Gasteiger partial charge >= 0.3 is 0 Å². The molecule has 1 aromatic carbocycles. The van der Waals surface area contributed by atoms with E-state index in [1.54, 1.807) is 12.1 Å². The summed E-state index contributed by atoms with van der Waals surface area (Å²) in [5, 5.41) is 3.18. The van der Waals surface area contributed by atoms with Gasteiger partial charge in [0.05, 0.1) is 0 Å². The van der Waals surface area contributed by atoms with Crippen molar-refractivity contribution in [2.45, 2.75) is 25.7 Å². The van der Waals surface area contributed by atoms with Gasteiger partial charge < -0.3 is 10.2 Å². The molecule has 0 aromatic heterocycles. The third kappa shape index (κ3) is 5.43. The van der Waals surface area contributed by atoms with Gasteiger partial charge in [0, 0.05) is 31.5 Å². The fraction of sp³-hybridized carbons (Fsp3) is 0.529. The van der Waals surface area contributed by atoms with E-state index in [4.69, 9.17) is 0 Å². The molecule has 0 bridgehead atoms. The number of carbonyl (C=O) groups is 2. The largest absolute Gasteiger partial charge is 0.342 e. The molecule has 1 atom stereocenters. The number of hydrogen-bond donors (Lipinski definition) is 1. The van der Waals surface area contributed by atoms with E-state index in [1.807, 2.05) is 30.1 Å². The van der Waals surface area contributed by atoms with Crippen LogP contribution in [0.4, 0.5) is 0 Å². The molecular formula is C17H25ClN2O2. The smallest absolute Gasteiger partial charge is 0.223 e. The number of amides is 1. The highest BCUT2D eigenvalue weighted by Gasteiger charge is 2.23. The number of rotatable bonds is 6. The monoisotopic (exact) mass is 324 g/mol. The van der Waals surface area contributed by atoms with Gasteiger partial charge in [0.2, 0.25) is 5.91 Å². The summed E-state index contributed by atoms with van der Waals surface area (Å²) in [6.45, 7) is 2.60. The van der Waals surface area contributed by atoms with E-state index in [0.29, 0.717) is 24.3 Å². The molecule has 1 N–H and O–H groups in total. The van der Waals surface area contributed by atoms with Gasteiger partial charge in [0.15, 0.2) is 5.78 Å². The summed E-state index contributed by atoms with van der Waals surface area (Å²) < 4.78 is 0. The van der Waals surface area contributed by atoms with Crippen molar-refractivity contribution in [2.75, 3.05) is 26.7 Å². The average Bonchev–Trinajstić information content (AvgIpc) is 2.53. The van der Waals surface area contributed by atoms with Crippen LogP contribution in [0.5, 0.6) is 0 Å². The fourth-order valence-electron chi connectivity index (χ4n) is 2.89. The van der Waals surface area contributed by atoms with E-state index >= 15 is 0 Å². The number of piperidine rings is 1. The molecule has 1 saturated heterocycles. The van der Waals surface area contributed by atoms with Gasteiger partial charge in [-0.15, -0.1) is 12.4 Å². The SMILES string of the molecule is CNCC1CCCN(C(=O)CCC(=O)c2ccccc2)C1.Cl.